The molecule has 0 N–H and O–H groups in total. The molecule has 0 unspecified atom stereocenters. The van der Waals surface area contributed by atoms with E-state index in [2.05, 4.69) is 235 Å². The summed E-state index contributed by atoms with van der Waals surface area (Å²) >= 11 is 0. The third-order valence-corrected chi connectivity index (χ3v) is 12.8. The SMILES string of the molecule is CC(C)c1cccc(C(C)C)c1-c1ccnc(-n2c3ccccc3c3ccc(C(c4ccccc4)(c4ccccc4)c4cccc(N5ON(C(C)(C)C)c6ccccc65)c4)cc32)c1. The molecule has 0 aliphatic carbocycles. The summed E-state index contributed by atoms with van der Waals surface area (Å²) in [6.45, 7) is 15.7. The van der Waals surface area contributed by atoms with Gasteiger partial charge in [0.1, 0.15) is 5.82 Å². The molecule has 0 saturated heterocycles. The molecule has 9 aromatic rings. The van der Waals surface area contributed by atoms with Gasteiger partial charge in [-0.25, -0.2) is 10.0 Å². The number of para-hydroxylation sites is 3. The van der Waals surface area contributed by atoms with E-state index in [0.29, 0.717) is 11.8 Å². The summed E-state index contributed by atoms with van der Waals surface area (Å²) in [5.74, 6) is 1.64. The van der Waals surface area contributed by atoms with E-state index in [1.54, 1.807) is 0 Å². The Kier molecular flexibility index (Phi) is 10.0. The van der Waals surface area contributed by atoms with Crippen LogP contribution in [0.2, 0.25) is 0 Å². The number of hydrogen-bond donors (Lipinski definition) is 0. The summed E-state index contributed by atoms with van der Waals surface area (Å²) in [5, 5.41) is 6.36. The zero-order valence-corrected chi connectivity index (χ0v) is 37.2. The molecule has 0 radical (unpaired) electrons. The second kappa shape index (κ2) is 15.7. The monoisotopic (exact) mass is 822 g/mol. The van der Waals surface area contributed by atoms with Crippen molar-refractivity contribution in [2.45, 2.75) is 71.3 Å². The molecule has 0 bridgehead atoms. The van der Waals surface area contributed by atoms with Crippen LogP contribution >= 0.6 is 0 Å². The van der Waals surface area contributed by atoms with Gasteiger partial charge in [0.05, 0.1) is 39.0 Å². The van der Waals surface area contributed by atoms with Crippen molar-refractivity contribution in [1.29, 1.82) is 0 Å². The smallest absolute Gasteiger partial charge is 0.138 e. The average Bonchev–Trinajstić information content (AvgIpc) is 3.87. The van der Waals surface area contributed by atoms with Crippen LogP contribution in [0.15, 0.2) is 188 Å². The zero-order chi connectivity index (χ0) is 43.5. The lowest BCUT2D eigenvalue weighted by molar-refractivity contribution is 0.0842. The standard InChI is InChI=1S/C58H54N4O/c1-39(2)47-27-19-28-48(40(3)4)56(47)41-34-35-59-55(36-41)60-51-29-15-14-26-49(51)50-33-32-45(38-54(50)60)58(42-20-10-8-11-21-42,43-22-12-9-13-23-43)44-24-18-25-46(37-44)61-52-30-16-17-31-53(52)62(63-61)57(5,6)7/h8-40H,1-7H3. The predicted molar refractivity (Wildman–Crippen MR) is 262 cm³/mol. The molecule has 7 aromatic carbocycles. The molecular formula is C58H54N4O. The highest BCUT2D eigenvalue weighted by Gasteiger charge is 2.41. The number of anilines is 3. The Morgan fingerprint density at radius 2 is 1.06 bits per heavy atom. The van der Waals surface area contributed by atoms with Crippen LogP contribution < -0.4 is 10.1 Å². The molecule has 0 atom stereocenters. The number of benzene rings is 7. The molecule has 0 amide bonds. The molecule has 10 rings (SSSR count). The third-order valence-electron chi connectivity index (χ3n) is 12.8. The summed E-state index contributed by atoms with van der Waals surface area (Å²) in [6.07, 6.45) is 1.99. The number of pyridine rings is 1. The fourth-order valence-corrected chi connectivity index (χ4v) is 9.92. The molecule has 1 aliphatic heterocycles. The van der Waals surface area contributed by atoms with Gasteiger partial charge in [0.2, 0.25) is 0 Å². The molecule has 312 valence electrons. The van der Waals surface area contributed by atoms with Crippen molar-refractivity contribution in [2.75, 3.05) is 10.1 Å². The predicted octanol–water partition coefficient (Wildman–Crippen LogP) is 15.1. The van der Waals surface area contributed by atoms with Crippen LogP contribution in [-0.2, 0) is 10.4 Å². The third kappa shape index (κ3) is 6.70. The van der Waals surface area contributed by atoms with Crippen molar-refractivity contribution in [3.63, 3.8) is 0 Å². The van der Waals surface area contributed by atoms with Gasteiger partial charge in [0, 0.05) is 17.0 Å². The van der Waals surface area contributed by atoms with Crippen LogP contribution in [0.3, 0.4) is 0 Å². The van der Waals surface area contributed by atoms with Crippen molar-refractivity contribution in [2.24, 2.45) is 0 Å². The lowest BCUT2D eigenvalue weighted by Gasteiger charge is -2.37. The quantitative estimate of drug-likeness (QED) is 0.136. The van der Waals surface area contributed by atoms with Crippen molar-refractivity contribution in [1.82, 2.24) is 9.55 Å². The van der Waals surface area contributed by atoms with Crippen LogP contribution in [0.4, 0.5) is 17.1 Å². The van der Waals surface area contributed by atoms with Gasteiger partial charge in [-0.15, -0.1) is 4.94 Å². The Bertz CT molecular complexity index is 3040. The molecule has 5 heteroatoms. The molecule has 5 nitrogen and oxygen atoms in total. The van der Waals surface area contributed by atoms with Crippen molar-refractivity contribution >= 4 is 38.9 Å². The van der Waals surface area contributed by atoms with E-state index in [1.807, 2.05) is 16.3 Å². The van der Waals surface area contributed by atoms with Crippen LogP contribution in [0, 0.1) is 0 Å². The Hall–Kier alpha value is -6.95. The number of hydroxylamine groups is 1. The van der Waals surface area contributed by atoms with Gasteiger partial charge in [0.25, 0.3) is 0 Å². The first kappa shape index (κ1) is 40.1. The second-order valence-corrected chi connectivity index (χ2v) is 18.5. The Morgan fingerprint density at radius 1 is 0.492 bits per heavy atom. The first-order valence-corrected chi connectivity index (χ1v) is 22.3. The van der Waals surface area contributed by atoms with E-state index in [4.69, 9.17) is 9.92 Å². The Labute approximate surface area is 371 Å². The van der Waals surface area contributed by atoms with Crippen LogP contribution in [0.1, 0.15) is 93.7 Å². The number of nitrogens with zero attached hydrogens (tertiary/aromatic N) is 4. The normalized spacial score (nSPS) is 13.2. The fraction of sp³-hybridized carbons (Fsp3) is 0.190. The largest absolute Gasteiger partial charge is 0.294 e. The van der Waals surface area contributed by atoms with Crippen LogP contribution in [0.5, 0.6) is 0 Å². The minimum absolute atomic E-state index is 0.267. The lowest BCUT2D eigenvalue weighted by atomic mass is 9.65. The maximum atomic E-state index is 6.76. The van der Waals surface area contributed by atoms with Gasteiger partial charge >= 0.3 is 0 Å². The topological polar surface area (TPSA) is 33.5 Å². The lowest BCUT2D eigenvalue weighted by Crippen LogP contribution is -2.41. The molecule has 2 aromatic heterocycles. The highest BCUT2D eigenvalue weighted by atomic mass is 16.8. The summed E-state index contributed by atoms with van der Waals surface area (Å²) < 4.78 is 2.37. The first-order valence-electron chi connectivity index (χ1n) is 22.3. The van der Waals surface area contributed by atoms with E-state index >= 15 is 0 Å². The Morgan fingerprint density at radius 3 is 1.73 bits per heavy atom. The van der Waals surface area contributed by atoms with Gasteiger partial charge in [0.15, 0.2) is 0 Å². The minimum Gasteiger partial charge on any atom is -0.294 e. The minimum atomic E-state index is -0.728. The van der Waals surface area contributed by atoms with Crippen molar-refractivity contribution in [3.8, 4) is 16.9 Å². The van der Waals surface area contributed by atoms with E-state index in [1.165, 1.54) is 44.2 Å². The highest BCUT2D eigenvalue weighted by molar-refractivity contribution is 6.09. The molecule has 3 heterocycles. The van der Waals surface area contributed by atoms with Gasteiger partial charge in [-0.1, -0.05) is 161 Å². The van der Waals surface area contributed by atoms with Gasteiger partial charge in [-0.2, -0.15) is 5.06 Å². The zero-order valence-electron chi connectivity index (χ0n) is 37.2. The average molecular weight is 823 g/mol. The summed E-state index contributed by atoms with van der Waals surface area (Å²) in [5.41, 5.74) is 14.0. The first-order chi connectivity index (χ1) is 30.6. The fourth-order valence-electron chi connectivity index (χ4n) is 9.92. The van der Waals surface area contributed by atoms with Crippen LogP contribution in [0.25, 0.3) is 38.8 Å². The van der Waals surface area contributed by atoms with E-state index < -0.39 is 5.41 Å². The molecule has 63 heavy (non-hydrogen) atoms. The van der Waals surface area contributed by atoms with Crippen molar-refractivity contribution in [3.05, 3.63) is 222 Å². The molecule has 1 aliphatic rings. The molecule has 0 fully saturated rings. The van der Waals surface area contributed by atoms with Gasteiger partial charge in [-0.05, 0) is 126 Å². The number of rotatable bonds is 9. The second-order valence-electron chi connectivity index (χ2n) is 18.5. The maximum Gasteiger partial charge on any atom is 0.138 e. The molecular weight excluding hydrogens is 769 g/mol. The highest BCUT2D eigenvalue weighted by Crippen LogP contribution is 2.50. The number of aromatic nitrogens is 2. The van der Waals surface area contributed by atoms with E-state index in [0.717, 1.165) is 45.0 Å². The van der Waals surface area contributed by atoms with Crippen LogP contribution in [-0.4, -0.2) is 15.1 Å². The summed E-state index contributed by atoms with van der Waals surface area (Å²) in [7, 11) is 0. The molecule has 0 saturated carbocycles. The number of hydrogen-bond acceptors (Lipinski definition) is 4. The summed E-state index contributed by atoms with van der Waals surface area (Å²) in [6, 6.07) is 66.3. The van der Waals surface area contributed by atoms with E-state index in [-0.39, 0.29) is 5.54 Å². The van der Waals surface area contributed by atoms with Gasteiger partial charge < -0.3 is 0 Å². The molecule has 0 spiro atoms. The maximum absolute atomic E-state index is 6.76. The summed E-state index contributed by atoms with van der Waals surface area (Å²) in [4.78, 5) is 11.9. The van der Waals surface area contributed by atoms with E-state index in [9.17, 15) is 0 Å². The van der Waals surface area contributed by atoms with Crippen molar-refractivity contribution < 1.29 is 4.94 Å². The van der Waals surface area contributed by atoms with Gasteiger partial charge in [-0.3, -0.25) is 4.57 Å². The Balaban J connectivity index is 1.23. The number of fused-ring (bicyclic) bond motifs is 4.